The average molecular weight is 592 g/mol. The molecule has 0 bridgehead atoms. The predicted octanol–water partition coefficient (Wildman–Crippen LogP) is 9.67. The summed E-state index contributed by atoms with van der Waals surface area (Å²) in [5.41, 5.74) is 11.7. The van der Waals surface area contributed by atoms with Crippen molar-refractivity contribution in [1.29, 1.82) is 0 Å². The van der Waals surface area contributed by atoms with Crippen LogP contribution in [0.25, 0.3) is 72.8 Å². The zero-order chi connectivity index (χ0) is 30.8. The second kappa shape index (κ2) is 10.0. The van der Waals surface area contributed by atoms with Gasteiger partial charge in [-0.1, -0.05) is 129 Å². The van der Waals surface area contributed by atoms with Gasteiger partial charge in [-0.25, -0.2) is 19.9 Å². The van der Waals surface area contributed by atoms with Crippen molar-refractivity contribution in [1.82, 2.24) is 24.5 Å². The first kappa shape index (κ1) is 26.5. The SMILES string of the molecule is CC1(C)c2ccccc2-c2ccc3c4ccccc4n(-c4cnc(-c5nc(-c6ccccc6)cc(-c6ccccc6)n5)cn4)c3c21. The summed E-state index contributed by atoms with van der Waals surface area (Å²) in [5.74, 6) is 1.30. The maximum absolute atomic E-state index is 5.05. The van der Waals surface area contributed by atoms with E-state index in [4.69, 9.17) is 19.9 Å². The first-order valence-electron chi connectivity index (χ1n) is 15.6. The molecule has 0 atom stereocenters. The summed E-state index contributed by atoms with van der Waals surface area (Å²) in [6.07, 6.45) is 3.66. The Morgan fingerprint density at radius 2 is 1.20 bits per heavy atom. The van der Waals surface area contributed by atoms with E-state index >= 15 is 0 Å². The van der Waals surface area contributed by atoms with Gasteiger partial charge in [-0.2, -0.15) is 0 Å². The normalized spacial score (nSPS) is 13.2. The average Bonchev–Trinajstić information content (AvgIpc) is 3.57. The Hall–Kier alpha value is -5.94. The molecule has 0 aliphatic heterocycles. The number of nitrogens with zero attached hydrogens (tertiary/aromatic N) is 5. The van der Waals surface area contributed by atoms with Crippen LogP contribution in [-0.2, 0) is 5.41 Å². The van der Waals surface area contributed by atoms with Crippen LogP contribution >= 0.6 is 0 Å². The molecule has 0 saturated carbocycles. The summed E-state index contributed by atoms with van der Waals surface area (Å²) in [6, 6.07) is 44.3. The summed E-state index contributed by atoms with van der Waals surface area (Å²) in [6.45, 7) is 4.66. The fraction of sp³-hybridized carbons (Fsp3) is 0.0732. The minimum absolute atomic E-state index is 0.176. The number of rotatable bonds is 4. The largest absolute Gasteiger partial charge is 0.292 e. The third-order valence-corrected chi connectivity index (χ3v) is 9.31. The second-order valence-electron chi connectivity index (χ2n) is 12.4. The molecule has 3 heterocycles. The van der Waals surface area contributed by atoms with Crippen LogP contribution in [0.5, 0.6) is 0 Å². The lowest BCUT2D eigenvalue weighted by atomic mass is 9.81. The van der Waals surface area contributed by atoms with Crippen molar-refractivity contribution in [3.05, 3.63) is 151 Å². The number of hydrogen-bond donors (Lipinski definition) is 0. The monoisotopic (exact) mass is 591 g/mol. The number of aromatic nitrogens is 5. The third kappa shape index (κ3) is 3.95. The molecule has 0 saturated heterocycles. The van der Waals surface area contributed by atoms with E-state index in [0.717, 1.165) is 33.8 Å². The maximum atomic E-state index is 5.05. The molecular weight excluding hydrogens is 562 g/mol. The summed E-state index contributed by atoms with van der Waals surface area (Å²) in [5, 5.41) is 2.41. The molecule has 5 nitrogen and oxygen atoms in total. The van der Waals surface area contributed by atoms with Crippen LogP contribution in [0, 0.1) is 0 Å². The number of benzene rings is 5. The van der Waals surface area contributed by atoms with Gasteiger partial charge in [-0.05, 0) is 34.4 Å². The fourth-order valence-electron chi connectivity index (χ4n) is 7.18. The molecule has 5 aromatic carbocycles. The van der Waals surface area contributed by atoms with Crippen molar-refractivity contribution in [3.8, 4) is 51.0 Å². The van der Waals surface area contributed by atoms with Crippen LogP contribution in [0.4, 0.5) is 0 Å². The Kier molecular flexibility index (Phi) is 5.78. The smallest absolute Gasteiger partial charge is 0.180 e. The van der Waals surface area contributed by atoms with E-state index in [1.54, 1.807) is 6.20 Å². The Morgan fingerprint density at radius 1 is 0.543 bits per heavy atom. The number of fused-ring (bicyclic) bond motifs is 7. The molecule has 3 aromatic heterocycles. The molecule has 0 unspecified atom stereocenters. The Morgan fingerprint density at radius 3 is 1.89 bits per heavy atom. The molecule has 5 heteroatoms. The molecule has 0 radical (unpaired) electrons. The van der Waals surface area contributed by atoms with Crippen LogP contribution in [0.3, 0.4) is 0 Å². The maximum Gasteiger partial charge on any atom is 0.180 e. The summed E-state index contributed by atoms with van der Waals surface area (Å²) >= 11 is 0. The third-order valence-electron chi connectivity index (χ3n) is 9.31. The van der Waals surface area contributed by atoms with Crippen molar-refractivity contribution in [2.24, 2.45) is 0 Å². The van der Waals surface area contributed by atoms with Gasteiger partial charge in [0.2, 0.25) is 0 Å². The first-order chi connectivity index (χ1) is 22.6. The van der Waals surface area contributed by atoms with Gasteiger partial charge in [0.1, 0.15) is 5.69 Å². The van der Waals surface area contributed by atoms with Crippen LogP contribution in [-0.4, -0.2) is 24.5 Å². The van der Waals surface area contributed by atoms with Crippen molar-refractivity contribution in [3.63, 3.8) is 0 Å². The van der Waals surface area contributed by atoms with E-state index in [2.05, 4.69) is 103 Å². The fourth-order valence-corrected chi connectivity index (χ4v) is 7.18. The Balaban J connectivity index is 1.23. The predicted molar refractivity (Wildman–Crippen MR) is 186 cm³/mol. The lowest BCUT2D eigenvalue weighted by molar-refractivity contribution is 0.663. The Labute approximate surface area is 266 Å². The van der Waals surface area contributed by atoms with Gasteiger partial charge in [0.15, 0.2) is 11.6 Å². The molecule has 0 N–H and O–H groups in total. The van der Waals surface area contributed by atoms with Gasteiger partial charge in [-0.15, -0.1) is 0 Å². The lowest BCUT2D eigenvalue weighted by Crippen LogP contribution is -2.16. The van der Waals surface area contributed by atoms with E-state index in [0.29, 0.717) is 11.5 Å². The van der Waals surface area contributed by atoms with E-state index in [9.17, 15) is 0 Å². The van der Waals surface area contributed by atoms with Gasteiger partial charge in [-0.3, -0.25) is 4.57 Å². The number of para-hydroxylation sites is 1. The van der Waals surface area contributed by atoms with Gasteiger partial charge < -0.3 is 0 Å². The van der Waals surface area contributed by atoms with Crippen LogP contribution in [0.1, 0.15) is 25.0 Å². The van der Waals surface area contributed by atoms with Crippen molar-refractivity contribution in [2.75, 3.05) is 0 Å². The zero-order valence-corrected chi connectivity index (χ0v) is 25.5. The standard InChI is InChI=1S/C41H29N5/c1-41(2)32-19-11-9-17-28(32)30-21-22-31-29-18-10-12-20-36(29)46(39(31)38(30)41)37-25-42-35(24-43-37)40-44-33(26-13-5-3-6-14-26)23-34(45-40)27-15-7-4-8-16-27/h3-25H,1-2H3. The quantitative estimate of drug-likeness (QED) is 0.204. The lowest BCUT2D eigenvalue weighted by Gasteiger charge is -2.23. The molecule has 0 spiro atoms. The first-order valence-corrected chi connectivity index (χ1v) is 15.6. The van der Waals surface area contributed by atoms with E-state index < -0.39 is 0 Å². The minimum atomic E-state index is -0.176. The topological polar surface area (TPSA) is 56.5 Å². The van der Waals surface area contributed by atoms with E-state index in [1.165, 1.54) is 38.5 Å². The van der Waals surface area contributed by atoms with Gasteiger partial charge >= 0.3 is 0 Å². The van der Waals surface area contributed by atoms with Crippen LogP contribution in [0.15, 0.2) is 140 Å². The van der Waals surface area contributed by atoms with E-state index in [-0.39, 0.29) is 5.41 Å². The molecule has 1 aliphatic carbocycles. The highest BCUT2D eigenvalue weighted by atomic mass is 15.1. The highest BCUT2D eigenvalue weighted by molar-refractivity contribution is 6.13. The Bertz CT molecular complexity index is 2370. The molecular formula is C41H29N5. The minimum Gasteiger partial charge on any atom is -0.292 e. The second-order valence-corrected chi connectivity index (χ2v) is 12.4. The molecule has 9 rings (SSSR count). The van der Waals surface area contributed by atoms with Gasteiger partial charge in [0, 0.05) is 27.3 Å². The van der Waals surface area contributed by atoms with Crippen molar-refractivity contribution < 1.29 is 0 Å². The molecule has 0 fully saturated rings. The number of hydrogen-bond acceptors (Lipinski definition) is 4. The van der Waals surface area contributed by atoms with Crippen LogP contribution < -0.4 is 0 Å². The molecule has 218 valence electrons. The molecule has 0 amide bonds. The van der Waals surface area contributed by atoms with Crippen LogP contribution in [0.2, 0.25) is 0 Å². The van der Waals surface area contributed by atoms with Crippen molar-refractivity contribution in [2.45, 2.75) is 19.3 Å². The molecule has 1 aliphatic rings. The highest BCUT2D eigenvalue weighted by Crippen LogP contribution is 2.52. The summed E-state index contributed by atoms with van der Waals surface area (Å²) < 4.78 is 2.28. The summed E-state index contributed by atoms with van der Waals surface area (Å²) in [7, 11) is 0. The van der Waals surface area contributed by atoms with Gasteiger partial charge in [0.05, 0.1) is 34.8 Å². The highest BCUT2D eigenvalue weighted by Gasteiger charge is 2.38. The summed E-state index contributed by atoms with van der Waals surface area (Å²) in [4.78, 5) is 19.9. The molecule has 8 aromatic rings. The molecule has 46 heavy (non-hydrogen) atoms. The van der Waals surface area contributed by atoms with Gasteiger partial charge in [0.25, 0.3) is 0 Å². The zero-order valence-electron chi connectivity index (χ0n) is 25.5. The van der Waals surface area contributed by atoms with Crippen molar-refractivity contribution >= 4 is 21.8 Å². The van der Waals surface area contributed by atoms with E-state index in [1.807, 2.05) is 48.7 Å².